The number of rotatable bonds is 6. The molecule has 6 nitrogen and oxygen atoms in total. The minimum Gasteiger partial charge on any atom is -0.406 e. The third-order valence-electron chi connectivity index (χ3n) is 4.86. The molecule has 2 heterocycles. The number of aromatic nitrogens is 2. The molecule has 1 saturated heterocycles. The molecule has 0 bridgehead atoms. The highest BCUT2D eigenvalue weighted by molar-refractivity contribution is 5.79. The second-order valence-corrected chi connectivity index (χ2v) is 7.00. The highest BCUT2D eigenvalue weighted by Gasteiger charge is 2.34. The van der Waals surface area contributed by atoms with Crippen LogP contribution in [-0.2, 0) is 11.2 Å². The largest absolute Gasteiger partial charge is 0.573 e. The fraction of sp³-hybridized carbons (Fsp3) is 0.286. The first-order valence-corrected chi connectivity index (χ1v) is 9.39. The summed E-state index contributed by atoms with van der Waals surface area (Å²) in [4.78, 5) is 18.5. The number of alkyl halides is 3. The van der Waals surface area contributed by atoms with Gasteiger partial charge >= 0.3 is 6.36 Å². The van der Waals surface area contributed by atoms with E-state index in [1.165, 1.54) is 24.3 Å². The van der Waals surface area contributed by atoms with Crippen LogP contribution in [0, 0.1) is 0 Å². The van der Waals surface area contributed by atoms with Crippen LogP contribution >= 0.6 is 0 Å². The number of halogens is 3. The quantitative estimate of drug-likeness (QED) is 0.602. The molecule has 30 heavy (non-hydrogen) atoms. The lowest BCUT2D eigenvalue weighted by Crippen LogP contribution is -2.27. The summed E-state index contributed by atoms with van der Waals surface area (Å²) in [7, 11) is 0. The Morgan fingerprint density at radius 1 is 1.10 bits per heavy atom. The Hall–Kier alpha value is -3.36. The van der Waals surface area contributed by atoms with Crippen LogP contribution in [-0.4, -0.2) is 40.4 Å². The van der Waals surface area contributed by atoms with Gasteiger partial charge in [0.2, 0.25) is 17.6 Å². The molecule has 1 aromatic heterocycles. The Kier molecular flexibility index (Phi) is 5.43. The number of hydrogen-bond donors (Lipinski definition) is 0. The summed E-state index contributed by atoms with van der Waals surface area (Å²) < 4.78 is 46.0. The van der Waals surface area contributed by atoms with Crippen molar-refractivity contribution in [2.24, 2.45) is 0 Å². The summed E-state index contributed by atoms with van der Waals surface area (Å²) in [5.74, 6) is 0.0898. The van der Waals surface area contributed by atoms with Gasteiger partial charge < -0.3 is 14.2 Å². The summed E-state index contributed by atoms with van der Waals surface area (Å²) >= 11 is 0. The van der Waals surface area contributed by atoms with Crippen LogP contribution in [0.2, 0.25) is 0 Å². The van der Waals surface area contributed by atoms with Gasteiger partial charge in [0.25, 0.3) is 0 Å². The van der Waals surface area contributed by atoms with E-state index < -0.39 is 6.36 Å². The predicted octanol–water partition coefficient (Wildman–Crippen LogP) is 4.19. The van der Waals surface area contributed by atoms with Gasteiger partial charge in [-0.25, -0.2) is 0 Å². The van der Waals surface area contributed by atoms with Crippen LogP contribution < -0.4 is 4.74 Å². The second kappa shape index (κ2) is 8.17. The third-order valence-corrected chi connectivity index (χ3v) is 4.86. The Morgan fingerprint density at radius 2 is 1.83 bits per heavy atom. The lowest BCUT2D eigenvalue weighted by molar-refractivity contribution is -0.274. The average Bonchev–Trinajstić information content (AvgIpc) is 3.34. The van der Waals surface area contributed by atoms with Gasteiger partial charge in [-0.15, -0.1) is 13.2 Å². The Bertz CT molecular complexity index is 1000. The molecule has 2 aromatic carbocycles. The van der Waals surface area contributed by atoms with Gasteiger partial charge in [0.1, 0.15) is 5.75 Å². The minimum atomic E-state index is -4.75. The van der Waals surface area contributed by atoms with E-state index in [0.717, 1.165) is 12.0 Å². The molecule has 156 valence electrons. The van der Waals surface area contributed by atoms with Crippen LogP contribution in [0.3, 0.4) is 0 Å². The van der Waals surface area contributed by atoms with E-state index >= 15 is 0 Å². The molecule has 0 saturated carbocycles. The van der Waals surface area contributed by atoms with Gasteiger partial charge in [0.15, 0.2) is 0 Å². The Morgan fingerprint density at radius 3 is 2.53 bits per heavy atom. The van der Waals surface area contributed by atoms with Crippen molar-refractivity contribution in [3.8, 4) is 17.1 Å². The number of benzene rings is 2. The molecule has 0 N–H and O–H groups in total. The first-order chi connectivity index (χ1) is 14.4. The summed E-state index contributed by atoms with van der Waals surface area (Å²) in [5.41, 5.74) is 1.65. The molecular formula is C21H18F3N3O3. The van der Waals surface area contributed by atoms with Crippen molar-refractivity contribution in [3.05, 3.63) is 66.1 Å². The first kappa shape index (κ1) is 19.9. The van der Waals surface area contributed by atoms with Gasteiger partial charge in [-0.1, -0.05) is 35.5 Å². The van der Waals surface area contributed by atoms with E-state index in [0.29, 0.717) is 24.5 Å². The summed E-state index contributed by atoms with van der Waals surface area (Å²) in [6.07, 6.45) is -3.70. The zero-order valence-corrected chi connectivity index (χ0v) is 15.8. The topological polar surface area (TPSA) is 68.5 Å². The van der Waals surface area contributed by atoms with Crippen LogP contribution in [0.25, 0.3) is 11.4 Å². The normalized spacial score (nSPS) is 16.8. The summed E-state index contributed by atoms with van der Waals surface area (Å²) in [6.45, 7) is 1.10. The molecule has 9 heteroatoms. The Balaban J connectivity index is 1.38. The van der Waals surface area contributed by atoms with Gasteiger partial charge in [-0.2, -0.15) is 4.98 Å². The van der Waals surface area contributed by atoms with Crippen molar-refractivity contribution in [1.29, 1.82) is 0 Å². The van der Waals surface area contributed by atoms with Gasteiger partial charge in [-0.05, 0) is 36.2 Å². The van der Waals surface area contributed by atoms with Crippen molar-refractivity contribution in [2.75, 3.05) is 13.1 Å². The lowest BCUT2D eigenvalue weighted by Gasteiger charge is -2.15. The van der Waals surface area contributed by atoms with E-state index in [1.807, 2.05) is 30.3 Å². The average molecular weight is 417 g/mol. The Labute approximate surface area is 170 Å². The zero-order chi connectivity index (χ0) is 21.1. The number of ether oxygens (including phenoxy) is 1. The lowest BCUT2D eigenvalue weighted by atomic mass is 10.1. The van der Waals surface area contributed by atoms with Crippen LogP contribution in [0.4, 0.5) is 13.2 Å². The number of amides is 1. The molecule has 1 unspecified atom stereocenters. The highest BCUT2D eigenvalue weighted by atomic mass is 19.4. The van der Waals surface area contributed by atoms with E-state index in [1.54, 1.807) is 4.90 Å². The van der Waals surface area contributed by atoms with Crippen molar-refractivity contribution in [2.45, 2.75) is 25.1 Å². The monoisotopic (exact) mass is 417 g/mol. The maximum atomic E-state index is 12.3. The molecule has 0 aliphatic carbocycles. The van der Waals surface area contributed by atoms with E-state index in [9.17, 15) is 18.0 Å². The number of carbonyl (C=O) groups excluding carboxylic acids is 1. The van der Waals surface area contributed by atoms with Crippen molar-refractivity contribution in [1.82, 2.24) is 15.0 Å². The third kappa shape index (κ3) is 4.79. The molecule has 1 fully saturated rings. The van der Waals surface area contributed by atoms with Gasteiger partial charge in [0.05, 0.1) is 5.92 Å². The summed E-state index contributed by atoms with van der Waals surface area (Å²) in [6, 6.07) is 15.1. The fourth-order valence-corrected chi connectivity index (χ4v) is 3.39. The second-order valence-electron chi connectivity index (χ2n) is 7.00. The molecule has 1 atom stereocenters. The van der Waals surface area contributed by atoms with Crippen LogP contribution in [0.5, 0.6) is 5.75 Å². The zero-order valence-electron chi connectivity index (χ0n) is 15.8. The van der Waals surface area contributed by atoms with Crippen molar-refractivity contribution in [3.63, 3.8) is 0 Å². The SMILES string of the molecule is O=C1CC(c2nc(-c3ccc(OC(F)(F)F)cc3)no2)CN1CCc1ccccc1. The number of nitrogens with zero attached hydrogens (tertiary/aromatic N) is 3. The molecular weight excluding hydrogens is 399 g/mol. The van der Waals surface area contributed by atoms with Crippen LogP contribution in [0.1, 0.15) is 23.8 Å². The maximum absolute atomic E-state index is 12.3. The molecule has 0 spiro atoms. The molecule has 0 radical (unpaired) electrons. The van der Waals surface area contributed by atoms with Crippen molar-refractivity contribution >= 4 is 5.91 Å². The summed E-state index contributed by atoms with van der Waals surface area (Å²) in [5, 5.41) is 3.90. The highest BCUT2D eigenvalue weighted by Crippen LogP contribution is 2.30. The maximum Gasteiger partial charge on any atom is 0.573 e. The number of carbonyl (C=O) groups is 1. The molecule has 1 aliphatic heterocycles. The smallest absolute Gasteiger partial charge is 0.406 e. The molecule has 3 aromatic rings. The number of likely N-dealkylation sites (tertiary alicyclic amines) is 1. The minimum absolute atomic E-state index is 0.0318. The fourth-order valence-electron chi connectivity index (χ4n) is 3.39. The first-order valence-electron chi connectivity index (χ1n) is 9.39. The predicted molar refractivity (Wildman–Crippen MR) is 101 cm³/mol. The van der Waals surface area contributed by atoms with Crippen molar-refractivity contribution < 1.29 is 27.2 Å². The van der Waals surface area contributed by atoms with Gasteiger partial charge in [-0.3, -0.25) is 4.79 Å². The van der Waals surface area contributed by atoms with Crippen LogP contribution in [0.15, 0.2) is 59.1 Å². The standard InChI is InChI=1S/C21H18F3N3O3/c22-21(23,24)29-17-8-6-15(7-9-17)19-25-20(30-26-19)16-12-18(28)27(13-16)11-10-14-4-2-1-3-5-14/h1-9,16H,10-13H2. The molecule has 4 rings (SSSR count). The number of hydrogen-bond acceptors (Lipinski definition) is 5. The van der Waals surface area contributed by atoms with E-state index in [4.69, 9.17) is 4.52 Å². The molecule has 1 aliphatic rings. The van der Waals surface area contributed by atoms with Gasteiger partial charge in [0, 0.05) is 25.1 Å². The van der Waals surface area contributed by atoms with E-state index in [2.05, 4.69) is 14.9 Å². The van der Waals surface area contributed by atoms with E-state index in [-0.39, 0.29) is 29.8 Å². The molecule has 1 amide bonds.